The zero-order valence-corrected chi connectivity index (χ0v) is 15.2. The Bertz CT molecular complexity index is 637. The molecule has 8 nitrogen and oxygen atoms in total. The van der Waals surface area contributed by atoms with Crippen LogP contribution in [0.5, 0.6) is 0 Å². The zero-order valence-electron chi connectivity index (χ0n) is 14.4. The summed E-state index contributed by atoms with van der Waals surface area (Å²) in [6.07, 6.45) is 0.611. The maximum absolute atomic E-state index is 12.9. The lowest BCUT2D eigenvalue weighted by Crippen LogP contribution is -2.53. The van der Waals surface area contributed by atoms with Gasteiger partial charge in [0.1, 0.15) is 5.69 Å². The van der Waals surface area contributed by atoms with Crippen LogP contribution in [0, 0.1) is 5.92 Å². The van der Waals surface area contributed by atoms with Gasteiger partial charge in [0.25, 0.3) is 5.91 Å². The van der Waals surface area contributed by atoms with E-state index < -0.39 is 12.0 Å². The first kappa shape index (κ1) is 18.1. The number of nitrogens with two attached hydrogens (primary N) is 1. The molecule has 0 radical (unpaired) electrons. The van der Waals surface area contributed by atoms with Crippen molar-refractivity contribution in [2.45, 2.75) is 18.9 Å². The molecule has 3 rings (SSSR count). The Morgan fingerprint density at radius 2 is 2.04 bits per heavy atom. The van der Waals surface area contributed by atoms with E-state index >= 15 is 0 Å². The van der Waals surface area contributed by atoms with Gasteiger partial charge in [-0.15, -0.1) is 11.3 Å². The van der Waals surface area contributed by atoms with E-state index in [-0.39, 0.29) is 18.4 Å². The third kappa shape index (κ3) is 4.10. The quantitative estimate of drug-likeness (QED) is 0.745. The van der Waals surface area contributed by atoms with Gasteiger partial charge < -0.3 is 25.5 Å². The standard InChI is InChI=1S/C16H25N5O3S/c1-19-4-2-5-20(8-7-19)14(23)11-9-21(6-3-13(11)22)15(24)12-10-25-16(17)18-12/h10-11,13,22H,2-9H2,1H3,(H2,17,18)/t11-,13+/m0/s1. The number of rotatable bonds is 2. The molecule has 2 atom stereocenters. The Labute approximate surface area is 151 Å². The summed E-state index contributed by atoms with van der Waals surface area (Å²) in [7, 11) is 2.05. The summed E-state index contributed by atoms with van der Waals surface area (Å²) in [5.41, 5.74) is 5.91. The number of nitrogens with zero attached hydrogens (tertiary/aromatic N) is 4. The molecule has 2 saturated heterocycles. The Morgan fingerprint density at radius 1 is 1.24 bits per heavy atom. The van der Waals surface area contributed by atoms with Crippen molar-refractivity contribution in [1.29, 1.82) is 0 Å². The van der Waals surface area contributed by atoms with Crippen LogP contribution in [0.4, 0.5) is 5.13 Å². The van der Waals surface area contributed by atoms with Crippen LogP contribution in [-0.2, 0) is 4.79 Å². The number of carbonyl (C=O) groups is 2. The second-order valence-corrected chi connectivity index (χ2v) is 7.66. The second kappa shape index (κ2) is 7.67. The van der Waals surface area contributed by atoms with Crippen LogP contribution in [0.3, 0.4) is 0 Å². The summed E-state index contributed by atoms with van der Waals surface area (Å²) in [6.45, 7) is 3.80. The third-order valence-corrected chi connectivity index (χ3v) is 5.63. The molecule has 0 bridgehead atoms. The molecule has 2 aliphatic rings. The molecule has 1 aromatic rings. The number of likely N-dealkylation sites (tertiary alicyclic amines) is 1. The van der Waals surface area contributed by atoms with E-state index in [2.05, 4.69) is 9.88 Å². The van der Waals surface area contributed by atoms with Crippen LogP contribution in [0.25, 0.3) is 0 Å². The molecule has 0 unspecified atom stereocenters. The summed E-state index contributed by atoms with van der Waals surface area (Å²) in [4.78, 5) is 35.1. The first-order chi connectivity index (χ1) is 12.0. The topological polar surface area (TPSA) is 103 Å². The van der Waals surface area contributed by atoms with Crippen molar-refractivity contribution in [3.05, 3.63) is 11.1 Å². The van der Waals surface area contributed by atoms with E-state index in [0.29, 0.717) is 36.9 Å². The fourth-order valence-electron chi connectivity index (χ4n) is 3.42. The number of nitrogen functional groups attached to an aromatic ring is 1. The van der Waals surface area contributed by atoms with Crippen molar-refractivity contribution in [3.8, 4) is 0 Å². The van der Waals surface area contributed by atoms with Crippen LogP contribution in [-0.4, -0.2) is 89.0 Å². The molecule has 3 heterocycles. The lowest BCUT2D eigenvalue weighted by atomic mass is 9.93. The van der Waals surface area contributed by atoms with Gasteiger partial charge in [-0.05, 0) is 26.4 Å². The van der Waals surface area contributed by atoms with Gasteiger partial charge in [0.2, 0.25) is 5.91 Å². The lowest BCUT2D eigenvalue weighted by molar-refractivity contribution is -0.141. The largest absolute Gasteiger partial charge is 0.392 e. The minimum atomic E-state index is -0.710. The molecule has 0 aliphatic carbocycles. The van der Waals surface area contributed by atoms with Crippen molar-refractivity contribution >= 4 is 28.3 Å². The van der Waals surface area contributed by atoms with Crippen molar-refractivity contribution in [3.63, 3.8) is 0 Å². The number of aliphatic hydroxyl groups is 1. The van der Waals surface area contributed by atoms with Gasteiger partial charge in [-0.2, -0.15) is 0 Å². The molecule has 1 aromatic heterocycles. The summed E-state index contributed by atoms with van der Waals surface area (Å²) < 4.78 is 0. The molecule has 138 valence electrons. The highest BCUT2D eigenvalue weighted by Gasteiger charge is 2.38. The number of thiazole rings is 1. The van der Waals surface area contributed by atoms with Crippen molar-refractivity contribution in [2.24, 2.45) is 5.92 Å². The number of hydrogen-bond donors (Lipinski definition) is 2. The molecule has 2 amide bonds. The monoisotopic (exact) mass is 367 g/mol. The molecule has 2 fully saturated rings. The number of amides is 2. The number of aromatic nitrogens is 1. The van der Waals surface area contributed by atoms with Crippen LogP contribution in [0.2, 0.25) is 0 Å². The number of piperidine rings is 1. The highest BCUT2D eigenvalue weighted by Crippen LogP contribution is 2.23. The van der Waals surface area contributed by atoms with Gasteiger partial charge in [0, 0.05) is 38.1 Å². The summed E-state index contributed by atoms with van der Waals surface area (Å²) in [6, 6.07) is 0. The van der Waals surface area contributed by atoms with Crippen molar-refractivity contribution in [2.75, 3.05) is 52.0 Å². The van der Waals surface area contributed by atoms with Gasteiger partial charge >= 0.3 is 0 Å². The fraction of sp³-hybridized carbons (Fsp3) is 0.688. The maximum Gasteiger partial charge on any atom is 0.273 e. The molecular weight excluding hydrogens is 342 g/mol. The maximum atomic E-state index is 12.9. The number of likely N-dealkylation sites (N-methyl/N-ethyl adjacent to an activating group) is 1. The smallest absolute Gasteiger partial charge is 0.273 e. The van der Waals surface area contributed by atoms with Crippen molar-refractivity contribution in [1.82, 2.24) is 19.7 Å². The van der Waals surface area contributed by atoms with Gasteiger partial charge in [-0.3, -0.25) is 9.59 Å². The molecule has 0 spiro atoms. The predicted molar refractivity (Wildman–Crippen MR) is 95.2 cm³/mol. The van der Waals surface area contributed by atoms with E-state index in [4.69, 9.17) is 5.73 Å². The molecule has 25 heavy (non-hydrogen) atoms. The zero-order chi connectivity index (χ0) is 18.0. The Morgan fingerprint density at radius 3 is 2.76 bits per heavy atom. The fourth-order valence-corrected chi connectivity index (χ4v) is 3.95. The average Bonchev–Trinajstić information content (AvgIpc) is 2.91. The summed E-state index contributed by atoms with van der Waals surface area (Å²) in [5.74, 6) is -0.858. The number of anilines is 1. The number of aliphatic hydroxyl groups excluding tert-OH is 1. The number of carbonyl (C=O) groups excluding carboxylic acids is 2. The summed E-state index contributed by atoms with van der Waals surface area (Å²) in [5, 5.41) is 12.3. The molecule has 0 aromatic carbocycles. The van der Waals surface area contributed by atoms with E-state index in [9.17, 15) is 14.7 Å². The van der Waals surface area contributed by atoms with E-state index in [1.807, 2.05) is 11.9 Å². The molecule has 2 aliphatic heterocycles. The normalized spacial score (nSPS) is 25.7. The highest BCUT2D eigenvalue weighted by atomic mass is 32.1. The molecule has 9 heteroatoms. The predicted octanol–water partition coefficient (Wildman–Crippen LogP) is -0.288. The first-order valence-corrected chi connectivity index (χ1v) is 9.49. The third-order valence-electron chi connectivity index (χ3n) is 4.95. The molecule has 0 saturated carbocycles. The average molecular weight is 367 g/mol. The van der Waals surface area contributed by atoms with Gasteiger partial charge in [-0.1, -0.05) is 0 Å². The van der Waals surface area contributed by atoms with E-state index in [1.165, 1.54) is 11.3 Å². The van der Waals surface area contributed by atoms with E-state index in [0.717, 1.165) is 19.5 Å². The minimum absolute atomic E-state index is 0.0573. The number of hydrogen-bond acceptors (Lipinski definition) is 7. The minimum Gasteiger partial charge on any atom is -0.392 e. The van der Waals surface area contributed by atoms with Crippen molar-refractivity contribution < 1.29 is 14.7 Å². The van der Waals surface area contributed by atoms with E-state index in [1.54, 1.807) is 10.3 Å². The van der Waals surface area contributed by atoms with Crippen LogP contribution in [0.1, 0.15) is 23.3 Å². The van der Waals surface area contributed by atoms with Crippen LogP contribution < -0.4 is 5.73 Å². The highest BCUT2D eigenvalue weighted by molar-refractivity contribution is 7.13. The van der Waals surface area contributed by atoms with Crippen LogP contribution in [0.15, 0.2) is 5.38 Å². The molecular formula is C16H25N5O3S. The van der Waals surface area contributed by atoms with Crippen LogP contribution >= 0.6 is 11.3 Å². The van der Waals surface area contributed by atoms with Gasteiger partial charge in [0.15, 0.2) is 5.13 Å². The van der Waals surface area contributed by atoms with Gasteiger partial charge in [-0.25, -0.2) is 4.98 Å². The SMILES string of the molecule is CN1CCCN(C(=O)[C@H]2CN(C(=O)c3csc(N)n3)CC[C@H]2O)CC1. The molecule has 3 N–H and O–H groups in total. The lowest BCUT2D eigenvalue weighted by Gasteiger charge is -2.37. The van der Waals surface area contributed by atoms with Gasteiger partial charge in [0.05, 0.1) is 12.0 Å². The Balaban J connectivity index is 1.67. The first-order valence-electron chi connectivity index (χ1n) is 8.61. The summed E-state index contributed by atoms with van der Waals surface area (Å²) >= 11 is 1.22. The Hall–Kier alpha value is -1.71. The Kier molecular flexibility index (Phi) is 5.55. The second-order valence-electron chi connectivity index (χ2n) is 6.77.